The number of ether oxygens (including phenoxy) is 2. The number of para-hydroxylation sites is 1. The van der Waals surface area contributed by atoms with Crippen LogP contribution >= 0.6 is 12.2 Å². The lowest BCUT2D eigenvalue weighted by atomic mass is 10.1. The van der Waals surface area contributed by atoms with Crippen molar-refractivity contribution < 1.29 is 19.1 Å². The van der Waals surface area contributed by atoms with Gasteiger partial charge >= 0.3 is 0 Å². The predicted octanol–water partition coefficient (Wildman–Crippen LogP) is 3.54. The molecule has 1 N–H and O–H groups in total. The van der Waals surface area contributed by atoms with Crippen molar-refractivity contribution in [3.63, 3.8) is 0 Å². The van der Waals surface area contributed by atoms with Crippen LogP contribution in [0.3, 0.4) is 0 Å². The first-order valence-electron chi connectivity index (χ1n) is 11.1. The second-order valence-electron chi connectivity index (χ2n) is 7.88. The molecule has 0 unspecified atom stereocenters. The lowest BCUT2D eigenvalue weighted by Crippen LogP contribution is -2.54. The Balaban J connectivity index is 1.42. The number of benzene rings is 2. The molecule has 9 heteroatoms. The number of amides is 2. The van der Waals surface area contributed by atoms with Gasteiger partial charge < -0.3 is 14.4 Å². The SMILES string of the molecule is O=C1NC(=S)N(c2ccc(Oc3ccccc3)cc2)C(=O)C1=Cc1cccnc1N1CCOCC1. The number of hydrogen-bond acceptors (Lipinski definition) is 7. The predicted molar refractivity (Wildman–Crippen MR) is 136 cm³/mol. The molecule has 5 rings (SSSR count). The summed E-state index contributed by atoms with van der Waals surface area (Å²) in [6.07, 6.45) is 3.26. The molecule has 2 aliphatic rings. The molecule has 0 spiro atoms. The molecule has 0 atom stereocenters. The number of anilines is 2. The van der Waals surface area contributed by atoms with Crippen LogP contribution in [0.5, 0.6) is 11.5 Å². The zero-order valence-corrected chi connectivity index (χ0v) is 19.5. The Morgan fingerprint density at radius 2 is 1.66 bits per heavy atom. The summed E-state index contributed by atoms with van der Waals surface area (Å²) in [6, 6.07) is 19.9. The molecule has 0 bridgehead atoms. The Morgan fingerprint density at radius 3 is 2.40 bits per heavy atom. The summed E-state index contributed by atoms with van der Waals surface area (Å²) in [4.78, 5) is 34.1. The van der Waals surface area contributed by atoms with Crippen molar-refractivity contribution in [2.24, 2.45) is 0 Å². The van der Waals surface area contributed by atoms with Crippen LogP contribution in [0.15, 0.2) is 78.5 Å². The Bertz CT molecular complexity index is 1290. The zero-order valence-electron chi connectivity index (χ0n) is 18.7. The van der Waals surface area contributed by atoms with Gasteiger partial charge in [-0.15, -0.1) is 0 Å². The number of rotatable bonds is 5. The third kappa shape index (κ3) is 4.91. The first kappa shape index (κ1) is 22.7. The van der Waals surface area contributed by atoms with Crippen LogP contribution < -0.4 is 19.9 Å². The van der Waals surface area contributed by atoms with Gasteiger partial charge in [0.05, 0.1) is 18.9 Å². The van der Waals surface area contributed by atoms with Gasteiger partial charge in [-0.05, 0) is 66.8 Å². The molecular formula is C26H22N4O4S. The Labute approximate surface area is 207 Å². The highest BCUT2D eigenvalue weighted by Gasteiger charge is 2.35. The molecule has 3 aromatic rings. The van der Waals surface area contributed by atoms with Crippen LogP contribution in [0.4, 0.5) is 11.5 Å². The van der Waals surface area contributed by atoms with E-state index in [0.717, 1.165) is 0 Å². The number of aromatic nitrogens is 1. The van der Waals surface area contributed by atoms with Crippen molar-refractivity contribution >= 4 is 46.7 Å². The fourth-order valence-corrected chi connectivity index (χ4v) is 4.18. The average molecular weight is 487 g/mol. The molecule has 2 saturated heterocycles. The van der Waals surface area contributed by atoms with Crippen molar-refractivity contribution in [2.45, 2.75) is 0 Å². The number of nitrogens with zero attached hydrogens (tertiary/aromatic N) is 3. The van der Waals surface area contributed by atoms with E-state index in [1.54, 1.807) is 42.6 Å². The molecular weight excluding hydrogens is 464 g/mol. The minimum absolute atomic E-state index is 0.0217. The molecule has 2 aliphatic heterocycles. The van der Waals surface area contributed by atoms with Gasteiger partial charge in [0.2, 0.25) is 0 Å². The van der Waals surface area contributed by atoms with Crippen molar-refractivity contribution in [3.8, 4) is 11.5 Å². The normalized spacial score (nSPS) is 17.5. The number of nitrogens with one attached hydrogen (secondary N) is 1. The summed E-state index contributed by atoms with van der Waals surface area (Å²) in [6.45, 7) is 2.55. The van der Waals surface area contributed by atoms with Gasteiger partial charge in [0.25, 0.3) is 11.8 Å². The maximum absolute atomic E-state index is 13.4. The standard InChI is InChI=1S/C26H22N4O4S/c31-24-22(17-18-5-4-12-27-23(18)29-13-15-33-16-14-29)25(32)30(26(35)28-24)19-8-10-21(11-9-19)34-20-6-2-1-3-7-20/h1-12,17H,13-16H2,(H,28,31,35). The molecule has 1 aromatic heterocycles. The average Bonchev–Trinajstić information content (AvgIpc) is 2.89. The molecule has 3 heterocycles. The van der Waals surface area contributed by atoms with Crippen molar-refractivity contribution in [1.82, 2.24) is 10.3 Å². The van der Waals surface area contributed by atoms with Gasteiger partial charge in [-0.1, -0.05) is 18.2 Å². The van der Waals surface area contributed by atoms with E-state index in [9.17, 15) is 9.59 Å². The first-order chi connectivity index (χ1) is 17.1. The number of thiocarbonyl (C=S) groups is 1. The van der Waals surface area contributed by atoms with Crippen LogP contribution in [0.1, 0.15) is 5.56 Å². The molecule has 2 fully saturated rings. The van der Waals surface area contributed by atoms with Gasteiger partial charge in [0, 0.05) is 24.8 Å². The minimum Gasteiger partial charge on any atom is -0.457 e. The van der Waals surface area contributed by atoms with Gasteiger partial charge in [0.15, 0.2) is 5.11 Å². The highest BCUT2D eigenvalue weighted by atomic mass is 32.1. The molecule has 0 aliphatic carbocycles. The number of pyridine rings is 1. The van der Waals surface area contributed by atoms with Crippen LogP contribution in [0, 0.1) is 0 Å². The molecule has 0 radical (unpaired) electrons. The molecule has 35 heavy (non-hydrogen) atoms. The third-order valence-corrected chi connectivity index (χ3v) is 5.89. The molecule has 2 amide bonds. The van der Waals surface area contributed by atoms with Crippen molar-refractivity contribution in [3.05, 3.63) is 84.1 Å². The molecule has 0 saturated carbocycles. The Morgan fingerprint density at radius 1 is 0.943 bits per heavy atom. The summed E-state index contributed by atoms with van der Waals surface area (Å²) in [7, 11) is 0. The molecule has 2 aromatic carbocycles. The summed E-state index contributed by atoms with van der Waals surface area (Å²) < 4.78 is 11.3. The van der Waals surface area contributed by atoms with Crippen LogP contribution in [-0.4, -0.2) is 48.2 Å². The summed E-state index contributed by atoms with van der Waals surface area (Å²) in [5.41, 5.74) is 1.17. The first-order valence-corrected chi connectivity index (χ1v) is 11.5. The number of carbonyl (C=O) groups excluding carboxylic acids is 2. The van der Waals surface area contributed by atoms with Gasteiger partial charge in [-0.3, -0.25) is 19.8 Å². The van der Waals surface area contributed by atoms with E-state index in [-0.39, 0.29) is 10.7 Å². The van der Waals surface area contributed by atoms with E-state index < -0.39 is 11.8 Å². The quantitative estimate of drug-likeness (QED) is 0.336. The highest BCUT2D eigenvalue weighted by molar-refractivity contribution is 7.80. The van der Waals surface area contributed by atoms with E-state index in [1.165, 1.54) is 4.90 Å². The number of carbonyl (C=O) groups is 2. The molecule has 176 valence electrons. The third-order valence-electron chi connectivity index (χ3n) is 5.60. The molecule has 8 nitrogen and oxygen atoms in total. The van der Waals surface area contributed by atoms with Gasteiger partial charge in [0.1, 0.15) is 22.9 Å². The van der Waals surface area contributed by atoms with Crippen molar-refractivity contribution in [1.29, 1.82) is 0 Å². The number of morpholine rings is 1. The van der Waals surface area contributed by atoms with E-state index in [2.05, 4.69) is 15.2 Å². The Hall–Kier alpha value is -4.08. The fourth-order valence-electron chi connectivity index (χ4n) is 3.90. The topological polar surface area (TPSA) is 84.0 Å². The van der Waals surface area contributed by atoms with Gasteiger partial charge in [-0.25, -0.2) is 4.98 Å². The van der Waals surface area contributed by atoms with Crippen molar-refractivity contribution in [2.75, 3.05) is 36.1 Å². The van der Waals surface area contributed by atoms with Crippen LogP contribution in [0.25, 0.3) is 6.08 Å². The minimum atomic E-state index is -0.544. The summed E-state index contributed by atoms with van der Waals surface area (Å²) in [5.74, 6) is 0.964. The summed E-state index contributed by atoms with van der Waals surface area (Å²) in [5, 5.41) is 2.65. The lowest BCUT2D eigenvalue weighted by Gasteiger charge is -2.30. The largest absolute Gasteiger partial charge is 0.457 e. The lowest BCUT2D eigenvalue weighted by molar-refractivity contribution is -0.122. The van der Waals surface area contributed by atoms with E-state index >= 15 is 0 Å². The fraction of sp³-hybridized carbons (Fsp3) is 0.154. The smallest absolute Gasteiger partial charge is 0.270 e. The van der Waals surface area contributed by atoms with Gasteiger partial charge in [-0.2, -0.15) is 0 Å². The second-order valence-corrected chi connectivity index (χ2v) is 8.27. The van der Waals surface area contributed by atoms with Crippen LogP contribution in [0.2, 0.25) is 0 Å². The second kappa shape index (κ2) is 10.0. The zero-order chi connectivity index (χ0) is 24.2. The maximum Gasteiger partial charge on any atom is 0.270 e. The monoisotopic (exact) mass is 486 g/mol. The van der Waals surface area contributed by atoms with E-state index in [0.29, 0.717) is 54.9 Å². The highest BCUT2D eigenvalue weighted by Crippen LogP contribution is 2.28. The van der Waals surface area contributed by atoms with E-state index in [4.69, 9.17) is 21.7 Å². The number of hydrogen-bond donors (Lipinski definition) is 1. The van der Waals surface area contributed by atoms with E-state index in [1.807, 2.05) is 36.4 Å². The summed E-state index contributed by atoms with van der Waals surface area (Å²) >= 11 is 5.33. The maximum atomic E-state index is 13.4. The Kier molecular flexibility index (Phi) is 6.51. The van der Waals surface area contributed by atoms with Crippen LogP contribution in [-0.2, 0) is 14.3 Å².